The van der Waals surface area contributed by atoms with Crippen molar-refractivity contribution in [3.05, 3.63) is 0 Å². The first-order valence-corrected chi connectivity index (χ1v) is 12.1. The Morgan fingerprint density at radius 3 is 1.50 bits per heavy atom. The zero-order valence-corrected chi connectivity index (χ0v) is 19.5. The van der Waals surface area contributed by atoms with Gasteiger partial charge in [0.15, 0.2) is 0 Å². The maximum atomic E-state index is 10.4. The van der Waals surface area contributed by atoms with Crippen LogP contribution in [0.1, 0.15) is 137 Å². The molecule has 28 heavy (non-hydrogen) atoms. The van der Waals surface area contributed by atoms with Gasteiger partial charge in [0.25, 0.3) is 0 Å². The number of aldehydes is 1. The number of carbonyl (C=O) groups is 2. The Bertz CT molecular complexity index is 328. The highest BCUT2D eigenvalue weighted by atomic mass is 16.4. The average Bonchev–Trinajstić information content (AvgIpc) is 2.66. The maximum Gasteiger partial charge on any atom is 0.303 e. The minimum absolute atomic E-state index is 0.274. The van der Waals surface area contributed by atoms with Gasteiger partial charge >= 0.3 is 5.97 Å². The van der Waals surface area contributed by atoms with Crippen molar-refractivity contribution in [2.45, 2.75) is 137 Å². The van der Waals surface area contributed by atoms with Crippen molar-refractivity contribution in [2.75, 3.05) is 0 Å². The molecule has 0 fully saturated rings. The van der Waals surface area contributed by atoms with E-state index in [-0.39, 0.29) is 5.92 Å². The van der Waals surface area contributed by atoms with E-state index in [0.29, 0.717) is 12.3 Å². The minimum atomic E-state index is -0.662. The topological polar surface area (TPSA) is 54.4 Å². The van der Waals surface area contributed by atoms with Crippen molar-refractivity contribution < 1.29 is 14.7 Å². The summed E-state index contributed by atoms with van der Waals surface area (Å²) in [6.45, 7) is 8.51. The third kappa shape index (κ3) is 27.4. The molecule has 3 nitrogen and oxygen atoms in total. The molecular weight excluding hydrogens is 348 g/mol. The molecule has 0 aromatic heterocycles. The summed E-state index contributed by atoms with van der Waals surface area (Å²) in [7, 11) is 0. The van der Waals surface area contributed by atoms with Gasteiger partial charge in [-0.15, -0.1) is 0 Å². The lowest BCUT2D eigenvalue weighted by molar-refractivity contribution is -0.138. The Kier molecular flexibility index (Phi) is 25.3. The number of carboxylic acids is 1. The molecule has 0 aliphatic rings. The molecule has 0 spiro atoms. The van der Waals surface area contributed by atoms with E-state index in [4.69, 9.17) is 5.11 Å². The second kappa shape index (κ2) is 24.2. The van der Waals surface area contributed by atoms with Gasteiger partial charge < -0.3 is 9.90 Å². The van der Waals surface area contributed by atoms with E-state index >= 15 is 0 Å². The number of rotatable bonds is 19. The highest BCUT2D eigenvalue weighted by molar-refractivity contribution is 5.66. The van der Waals surface area contributed by atoms with Crippen molar-refractivity contribution >= 4 is 12.3 Å². The molecular formula is C25H50O3. The quantitative estimate of drug-likeness (QED) is 0.176. The van der Waals surface area contributed by atoms with Crippen LogP contribution in [0.15, 0.2) is 0 Å². The molecule has 0 aromatic carbocycles. The monoisotopic (exact) mass is 398 g/mol. The number of carbonyl (C=O) groups excluding carboxylic acids is 1. The van der Waals surface area contributed by atoms with E-state index < -0.39 is 5.97 Å². The van der Waals surface area contributed by atoms with Gasteiger partial charge in [-0.2, -0.15) is 0 Å². The molecule has 0 amide bonds. The summed E-state index contributed by atoms with van der Waals surface area (Å²) in [6.07, 6.45) is 22.1. The zero-order chi connectivity index (χ0) is 21.5. The molecule has 3 heteroatoms. The predicted molar refractivity (Wildman–Crippen MR) is 122 cm³/mol. The predicted octanol–water partition coefficient (Wildman–Crippen LogP) is 8.20. The number of hydrogen-bond donors (Lipinski definition) is 1. The number of hydrogen-bond acceptors (Lipinski definition) is 2. The molecule has 168 valence electrons. The van der Waals surface area contributed by atoms with E-state index in [1.165, 1.54) is 89.9 Å². The minimum Gasteiger partial charge on any atom is -0.481 e. The molecule has 0 aliphatic heterocycles. The molecule has 1 N–H and O–H groups in total. The largest absolute Gasteiger partial charge is 0.481 e. The Morgan fingerprint density at radius 1 is 0.714 bits per heavy atom. The molecule has 0 heterocycles. The average molecular weight is 399 g/mol. The standard InChI is InChI=1S/C13H26O2.C12H24O/c1-3-4-5-6-7-8-9-10-12(2)11-13(14)15;1-3-4-5-6-7-8-9-10-12(2)11-13/h12H,3-11H2,1-2H3,(H,14,15);11-12H,3-10H2,1-2H3. The van der Waals surface area contributed by atoms with Gasteiger partial charge in [0.2, 0.25) is 0 Å². The molecule has 0 rings (SSSR count). The smallest absolute Gasteiger partial charge is 0.303 e. The van der Waals surface area contributed by atoms with Crippen LogP contribution in [0.3, 0.4) is 0 Å². The van der Waals surface area contributed by atoms with Gasteiger partial charge in [0.1, 0.15) is 6.29 Å². The molecule has 0 bridgehead atoms. The van der Waals surface area contributed by atoms with Crippen molar-refractivity contribution in [3.8, 4) is 0 Å². The molecule has 0 saturated carbocycles. The highest BCUT2D eigenvalue weighted by Crippen LogP contribution is 2.15. The second-order valence-corrected chi connectivity index (χ2v) is 8.64. The molecule has 0 aromatic rings. The second-order valence-electron chi connectivity index (χ2n) is 8.64. The zero-order valence-electron chi connectivity index (χ0n) is 19.5. The SMILES string of the molecule is CCCCCCCCCC(C)C=O.CCCCCCCCCC(C)CC(=O)O. The van der Waals surface area contributed by atoms with Gasteiger partial charge in [0.05, 0.1) is 0 Å². The summed E-state index contributed by atoms with van der Waals surface area (Å²) in [4.78, 5) is 20.7. The number of carboxylic acid groups (broad SMARTS) is 1. The van der Waals surface area contributed by atoms with Crippen LogP contribution in [0.25, 0.3) is 0 Å². The van der Waals surface area contributed by atoms with Gasteiger partial charge in [0, 0.05) is 12.3 Å². The van der Waals surface area contributed by atoms with Gasteiger partial charge in [-0.1, -0.05) is 124 Å². The van der Waals surface area contributed by atoms with Gasteiger partial charge in [-0.3, -0.25) is 4.79 Å². The van der Waals surface area contributed by atoms with Crippen molar-refractivity contribution in [1.29, 1.82) is 0 Å². The van der Waals surface area contributed by atoms with Gasteiger partial charge in [-0.25, -0.2) is 0 Å². The Hall–Kier alpha value is -0.860. The molecule has 0 aliphatic carbocycles. The van der Waals surface area contributed by atoms with Crippen LogP contribution in [0.2, 0.25) is 0 Å². The molecule has 0 radical (unpaired) electrons. The number of unbranched alkanes of at least 4 members (excludes halogenated alkanes) is 12. The Labute approximate surface area is 176 Å². The Morgan fingerprint density at radius 2 is 1.11 bits per heavy atom. The third-order valence-corrected chi connectivity index (χ3v) is 5.32. The van der Waals surface area contributed by atoms with Crippen LogP contribution < -0.4 is 0 Å². The first kappa shape index (κ1) is 29.3. The lowest BCUT2D eigenvalue weighted by Crippen LogP contribution is -2.03. The Balaban J connectivity index is 0. The van der Waals surface area contributed by atoms with Crippen molar-refractivity contribution in [3.63, 3.8) is 0 Å². The van der Waals surface area contributed by atoms with E-state index in [1.807, 2.05) is 13.8 Å². The lowest BCUT2D eigenvalue weighted by atomic mass is 9.99. The molecule has 2 unspecified atom stereocenters. The highest BCUT2D eigenvalue weighted by Gasteiger charge is 2.06. The maximum absolute atomic E-state index is 10.4. The normalized spacial score (nSPS) is 12.7. The fourth-order valence-corrected chi connectivity index (χ4v) is 3.34. The van der Waals surface area contributed by atoms with E-state index in [1.54, 1.807) is 0 Å². The van der Waals surface area contributed by atoms with Crippen LogP contribution in [0.5, 0.6) is 0 Å². The van der Waals surface area contributed by atoms with Crippen molar-refractivity contribution in [1.82, 2.24) is 0 Å². The van der Waals surface area contributed by atoms with Crippen LogP contribution in [-0.2, 0) is 9.59 Å². The third-order valence-electron chi connectivity index (χ3n) is 5.32. The lowest BCUT2D eigenvalue weighted by Gasteiger charge is -2.07. The molecule has 0 saturated heterocycles. The first-order valence-electron chi connectivity index (χ1n) is 12.1. The summed E-state index contributed by atoms with van der Waals surface area (Å²) in [6, 6.07) is 0. The summed E-state index contributed by atoms with van der Waals surface area (Å²) in [5.74, 6) is -0.0424. The first-order chi connectivity index (χ1) is 13.5. The summed E-state index contributed by atoms with van der Waals surface area (Å²) in [5, 5.41) is 8.58. The van der Waals surface area contributed by atoms with Gasteiger partial charge in [-0.05, 0) is 12.3 Å². The van der Waals surface area contributed by atoms with E-state index in [0.717, 1.165) is 19.1 Å². The summed E-state index contributed by atoms with van der Waals surface area (Å²) in [5.41, 5.74) is 0. The van der Waals surface area contributed by atoms with E-state index in [9.17, 15) is 9.59 Å². The summed E-state index contributed by atoms with van der Waals surface area (Å²) >= 11 is 0. The van der Waals surface area contributed by atoms with Crippen LogP contribution in [0.4, 0.5) is 0 Å². The van der Waals surface area contributed by atoms with Crippen molar-refractivity contribution in [2.24, 2.45) is 11.8 Å². The van der Waals surface area contributed by atoms with Crippen LogP contribution in [0, 0.1) is 11.8 Å². The molecule has 2 atom stereocenters. The fraction of sp³-hybridized carbons (Fsp3) is 0.920. The van der Waals surface area contributed by atoms with Crippen LogP contribution in [-0.4, -0.2) is 17.4 Å². The fourth-order valence-electron chi connectivity index (χ4n) is 3.34. The number of aliphatic carboxylic acids is 1. The van der Waals surface area contributed by atoms with Crippen LogP contribution >= 0.6 is 0 Å². The summed E-state index contributed by atoms with van der Waals surface area (Å²) < 4.78 is 0. The van der Waals surface area contributed by atoms with E-state index in [2.05, 4.69) is 13.8 Å².